The van der Waals surface area contributed by atoms with E-state index in [-0.39, 0.29) is 34.1 Å². The summed E-state index contributed by atoms with van der Waals surface area (Å²) in [4.78, 5) is 28.3. The van der Waals surface area contributed by atoms with Crippen LogP contribution in [0, 0.1) is 0 Å². The summed E-state index contributed by atoms with van der Waals surface area (Å²) in [6, 6.07) is 18.6. The van der Waals surface area contributed by atoms with E-state index in [2.05, 4.69) is 10.2 Å². The van der Waals surface area contributed by atoms with Gasteiger partial charge in [-0.1, -0.05) is 59.5 Å². The standard InChI is InChI=1S/C30H25N3O6S2/c1-16-12-20-13-19(9-11-22(20)39-16)26(35)24-25(18-8-10-21(34)23(14-18)38-2)33(28(37)27(24)36)29-31-32-30(41-29)40-15-17-6-4-3-5-7-17/h3-11,13-14,16,25,34-35H,12,15H2,1-2H3/b26-24+. The second-order valence-corrected chi connectivity index (χ2v) is 11.9. The second kappa shape index (κ2) is 10.9. The summed E-state index contributed by atoms with van der Waals surface area (Å²) in [6.45, 7) is 1.96. The molecule has 4 aromatic rings. The number of fused-ring (bicyclic) bond motifs is 1. The fourth-order valence-electron chi connectivity index (χ4n) is 5.01. The summed E-state index contributed by atoms with van der Waals surface area (Å²) >= 11 is 2.66. The smallest absolute Gasteiger partial charge is 0.301 e. The number of ketones is 1. The lowest BCUT2D eigenvalue weighted by Gasteiger charge is -2.23. The molecule has 2 unspecified atom stereocenters. The van der Waals surface area contributed by atoms with Crippen molar-refractivity contribution in [1.82, 2.24) is 10.2 Å². The molecule has 1 amide bonds. The van der Waals surface area contributed by atoms with Gasteiger partial charge in [-0.3, -0.25) is 14.5 Å². The van der Waals surface area contributed by atoms with Gasteiger partial charge in [0, 0.05) is 17.7 Å². The summed E-state index contributed by atoms with van der Waals surface area (Å²) in [6.07, 6.45) is 0.668. The van der Waals surface area contributed by atoms with Crippen LogP contribution in [-0.4, -0.2) is 45.3 Å². The van der Waals surface area contributed by atoms with Crippen LogP contribution in [0.3, 0.4) is 0 Å². The van der Waals surface area contributed by atoms with Gasteiger partial charge in [-0.15, -0.1) is 10.2 Å². The lowest BCUT2D eigenvalue weighted by molar-refractivity contribution is -0.132. The number of hydrogen-bond acceptors (Lipinski definition) is 10. The first-order chi connectivity index (χ1) is 19.8. The van der Waals surface area contributed by atoms with Crippen molar-refractivity contribution < 1.29 is 29.3 Å². The van der Waals surface area contributed by atoms with Gasteiger partial charge in [0.25, 0.3) is 5.78 Å². The van der Waals surface area contributed by atoms with Gasteiger partial charge < -0.3 is 19.7 Å². The highest BCUT2D eigenvalue weighted by molar-refractivity contribution is 8.00. The Morgan fingerprint density at radius 2 is 1.93 bits per heavy atom. The number of amides is 1. The Kier molecular flexibility index (Phi) is 7.14. The molecule has 1 saturated heterocycles. The molecule has 0 radical (unpaired) electrons. The fourth-order valence-corrected chi connectivity index (χ4v) is 6.84. The van der Waals surface area contributed by atoms with Crippen LogP contribution in [0.2, 0.25) is 0 Å². The summed E-state index contributed by atoms with van der Waals surface area (Å²) in [5.74, 6) is -0.550. The van der Waals surface area contributed by atoms with E-state index in [4.69, 9.17) is 9.47 Å². The van der Waals surface area contributed by atoms with Gasteiger partial charge in [0.05, 0.1) is 18.7 Å². The molecule has 11 heteroatoms. The molecule has 9 nitrogen and oxygen atoms in total. The van der Waals surface area contributed by atoms with E-state index in [1.165, 1.54) is 47.2 Å². The highest BCUT2D eigenvalue weighted by Gasteiger charge is 2.48. The molecular formula is C30H25N3O6S2. The minimum atomic E-state index is -1.03. The third kappa shape index (κ3) is 5.02. The number of benzene rings is 3. The average Bonchev–Trinajstić information content (AvgIpc) is 3.67. The average molecular weight is 588 g/mol. The monoisotopic (exact) mass is 587 g/mol. The third-order valence-electron chi connectivity index (χ3n) is 6.94. The molecule has 1 fully saturated rings. The van der Waals surface area contributed by atoms with Crippen molar-refractivity contribution in [3.05, 3.63) is 94.6 Å². The van der Waals surface area contributed by atoms with Crippen LogP contribution >= 0.6 is 23.1 Å². The number of phenolic OH excluding ortho intramolecular Hbond substituents is 1. The maximum atomic E-state index is 13.5. The predicted octanol–water partition coefficient (Wildman–Crippen LogP) is 5.49. The number of methoxy groups -OCH3 is 1. The Bertz CT molecular complexity index is 1690. The van der Waals surface area contributed by atoms with Crippen molar-refractivity contribution in [2.24, 2.45) is 0 Å². The molecule has 0 aliphatic carbocycles. The molecule has 2 atom stereocenters. The van der Waals surface area contributed by atoms with Gasteiger partial charge in [-0.25, -0.2) is 0 Å². The van der Waals surface area contributed by atoms with Gasteiger partial charge in [-0.05, 0) is 53.9 Å². The third-order valence-corrected chi connectivity index (χ3v) is 9.07. The van der Waals surface area contributed by atoms with Crippen molar-refractivity contribution >= 4 is 45.7 Å². The summed E-state index contributed by atoms with van der Waals surface area (Å²) in [5.41, 5.74) is 2.77. The molecule has 208 valence electrons. The Balaban J connectivity index is 1.42. The maximum Gasteiger partial charge on any atom is 0.301 e. The van der Waals surface area contributed by atoms with Crippen LogP contribution < -0.4 is 14.4 Å². The number of carbonyl (C=O) groups is 2. The number of nitrogens with zero attached hydrogens (tertiary/aromatic N) is 3. The Hall–Kier alpha value is -4.35. The van der Waals surface area contributed by atoms with Crippen LogP contribution in [0.1, 0.15) is 35.2 Å². The zero-order chi connectivity index (χ0) is 28.7. The van der Waals surface area contributed by atoms with Crippen molar-refractivity contribution in [2.75, 3.05) is 12.0 Å². The zero-order valence-corrected chi connectivity index (χ0v) is 23.7. The largest absolute Gasteiger partial charge is 0.507 e. The number of Topliss-reactive ketones (excluding diaryl/α,β-unsaturated/α-hetero) is 1. The molecule has 0 spiro atoms. The van der Waals surface area contributed by atoms with Gasteiger partial charge >= 0.3 is 5.91 Å². The van der Waals surface area contributed by atoms with Crippen LogP contribution in [0.5, 0.6) is 17.2 Å². The summed E-state index contributed by atoms with van der Waals surface area (Å²) in [5, 5.41) is 30.5. The van der Waals surface area contributed by atoms with Crippen molar-refractivity contribution in [1.29, 1.82) is 0 Å². The van der Waals surface area contributed by atoms with E-state index in [0.717, 1.165) is 16.9 Å². The summed E-state index contributed by atoms with van der Waals surface area (Å²) in [7, 11) is 1.41. The molecule has 2 aliphatic rings. The first-order valence-corrected chi connectivity index (χ1v) is 14.6. The zero-order valence-electron chi connectivity index (χ0n) is 22.1. The number of aliphatic hydroxyl groups excluding tert-OH is 1. The number of aromatic nitrogens is 2. The summed E-state index contributed by atoms with van der Waals surface area (Å²) < 4.78 is 11.7. The molecular weight excluding hydrogens is 562 g/mol. The van der Waals surface area contributed by atoms with Crippen LogP contribution in [0.4, 0.5) is 5.13 Å². The first-order valence-electron chi connectivity index (χ1n) is 12.8. The quantitative estimate of drug-likeness (QED) is 0.0950. The lowest BCUT2D eigenvalue weighted by Crippen LogP contribution is -2.29. The van der Waals surface area contributed by atoms with Crippen molar-refractivity contribution in [2.45, 2.75) is 35.6 Å². The van der Waals surface area contributed by atoms with E-state index in [1.54, 1.807) is 24.3 Å². The number of carbonyl (C=O) groups excluding carboxylic acids is 2. The van der Waals surface area contributed by atoms with E-state index >= 15 is 0 Å². The molecule has 2 aliphatic heterocycles. The first kappa shape index (κ1) is 26.9. The van der Waals surface area contributed by atoms with Crippen LogP contribution in [-0.2, 0) is 21.8 Å². The molecule has 2 N–H and O–H groups in total. The minimum Gasteiger partial charge on any atom is -0.507 e. The SMILES string of the molecule is COc1cc(C2/C(=C(\O)c3ccc4c(c3)CC(C)O4)C(=O)C(=O)N2c2nnc(SCc3ccccc3)s2)ccc1O. The molecule has 3 aromatic carbocycles. The Labute approximate surface area is 244 Å². The van der Waals surface area contributed by atoms with Gasteiger partial charge in [0.1, 0.15) is 17.6 Å². The highest BCUT2D eigenvalue weighted by atomic mass is 32.2. The van der Waals surface area contributed by atoms with Gasteiger partial charge in [-0.2, -0.15) is 0 Å². The molecule has 41 heavy (non-hydrogen) atoms. The molecule has 0 bridgehead atoms. The molecule has 6 rings (SSSR count). The number of phenols is 1. The molecule has 1 aromatic heterocycles. The van der Waals surface area contributed by atoms with Crippen LogP contribution in [0.15, 0.2) is 76.6 Å². The number of rotatable bonds is 7. The fraction of sp³-hybridized carbons (Fsp3) is 0.200. The van der Waals surface area contributed by atoms with Gasteiger partial charge in [0.2, 0.25) is 5.13 Å². The molecule has 3 heterocycles. The van der Waals surface area contributed by atoms with Crippen molar-refractivity contribution in [3.63, 3.8) is 0 Å². The number of anilines is 1. The van der Waals surface area contributed by atoms with Crippen molar-refractivity contribution in [3.8, 4) is 17.2 Å². The second-order valence-electron chi connectivity index (χ2n) is 9.68. The Morgan fingerprint density at radius 3 is 2.71 bits per heavy atom. The maximum absolute atomic E-state index is 13.5. The van der Waals surface area contributed by atoms with Crippen LogP contribution in [0.25, 0.3) is 5.76 Å². The predicted molar refractivity (Wildman–Crippen MR) is 156 cm³/mol. The number of aromatic hydroxyl groups is 1. The Morgan fingerprint density at radius 1 is 1.12 bits per heavy atom. The minimum absolute atomic E-state index is 0.00352. The van der Waals surface area contributed by atoms with Gasteiger partial charge in [0.15, 0.2) is 15.8 Å². The van der Waals surface area contributed by atoms with E-state index < -0.39 is 17.7 Å². The number of thioether (sulfide) groups is 1. The number of ether oxygens (including phenoxy) is 2. The number of aliphatic hydroxyl groups is 1. The molecule has 0 saturated carbocycles. The normalized spacial score (nSPS) is 19.3. The number of hydrogen-bond donors (Lipinski definition) is 2. The van der Waals surface area contributed by atoms with E-state index in [9.17, 15) is 19.8 Å². The van der Waals surface area contributed by atoms with E-state index in [0.29, 0.717) is 27.6 Å². The lowest BCUT2D eigenvalue weighted by atomic mass is 9.94. The highest BCUT2D eigenvalue weighted by Crippen LogP contribution is 2.46. The van der Waals surface area contributed by atoms with E-state index in [1.807, 2.05) is 37.3 Å². The topological polar surface area (TPSA) is 122 Å².